The van der Waals surface area contributed by atoms with Crippen LogP contribution >= 0.6 is 0 Å². The van der Waals surface area contributed by atoms with E-state index >= 15 is 0 Å². The van der Waals surface area contributed by atoms with E-state index in [0.717, 1.165) is 11.1 Å². The number of nitrogens with one attached hydrogen (secondary N) is 4. The van der Waals surface area contributed by atoms with Gasteiger partial charge in [0.1, 0.15) is 22.6 Å². The van der Waals surface area contributed by atoms with E-state index in [-0.39, 0.29) is 11.7 Å². The Hall–Kier alpha value is -4.87. The lowest BCUT2D eigenvalue weighted by Crippen LogP contribution is -2.39. The third kappa shape index (κ3) is 11.7. The van der Waals surface area contributed by atoms with Crippen molar-refractivity contribution in [2.24, 2.45) is 0 Å². The molecule has 0 bridgehead atoms. The molecule has 0 aliphatic rings. The first-order valence-corrected chi connectivity index (χ1v) is 16.3. The van der Waals surface area contributed by atoms with Crippen LogP contribution in [0.3, 0.4) is 0 Å². The van der Waals surface area contributed by atoms with Gasteiger partial charge in [-0.1, -0.05) is 32.0 Å². The van der Waals surface area contributed by atoms with Gasteiger partial charge in [-0.15, -0.1) is 0 Å². The fraction of sp³-hybridized carbons (Fsp3) is 0.486. The summed E-state index contributed by atoms with van der Waals surface area (Å²) in [7, 11) is 0. The number of amidine groups is 1. The minimum atomic E-state index is -0.788. The zero-order valence-corrected chi connectivity index (χ0v) is 30.5. The minimum absolute atomic E-state index is 0.237. The number of carbonyl (C=O) groups is 4. The number of benzene rings is 2. The van der Waals surface area contributed by atoms with E-state index in [2.05, 4.69) is 16.0 Å². The average molecular weight is 678 g/mol. The van der Waals surface area contributed by atoms with Crippen LogP contribution in [0.2, 0.25) is 0 Å². The number of amides is 3. The Morgan fingerprint density at radius 1 is 0.735 bits per heavy atom. The highest BCUT2D eigenvalue weighted by Gasteiger charge is 2.26. The molecular weight excluding hydrogens is 626 g/mol. The van der Waals surface area contributed by atoms with E-state index in [4.69, 9.17) is 19.6 Å². The second-order valence-corrected chi connectivity index (χ2v) is 15.6. The lowest BCUT2D eigenvalue weighted by atomic mass is 9.84. The number of carbonyl (C=O) groups excluding carboxylic acids is 4. The van der Waals surface area contributed by atoms with E-state index in [9.17, 15) is 19.2 Å². The molecule has 1 heterocycles. The maximum absolute atomic E-state index is 13.1. The number of alkyl carbamates (subject to hydrolysis) is 2. The number of rotatable bonds is 8. The van der Waals surface area contributed by atoms with Gasteiger partial charge in [-0.2, -0.15) is 0 Å². The average Bonchev–Trinajstić information content (AvgIpc) is 3.33. The molecule has 12 heteroatoms. The molecule has 4 N–H and O–H groups in total. The number of fused-ring (bicyclic) bond motifs is 1. The summed E-state index contributed by atoms with van der Waals surface area (Å²) in [5.41, 5.74) is 0.606. The van der Waals surface area contributed by atoms with Crippen LogP contribution in [-0.4, -0.2) is 64.5 Å². The molecule has 0 saturated heterocycles. The topological polar surface area (TPSA) is 161 Å². The van der Waals surface area contributed by atoms with E-state index in [1.54, 1.807) is 59.7 Å². The largest absolute Gasteiger partial charge is 0.444 e. The molecule has 0 atom stereocenters. The second-order valence-electron chi connectivity index (χ2n) is 15.6. The van der Waals surface area contributed by atoms with E-state index in [0.29, 0.717) is 41.5 Å². The third-order valence-electron chi connectivity index (χ3n) is 7.06. The second kappa shape index (κ2) is 14.7. The Labute approximate surface area is 288 Å². The molecule has 12 nitrogen and oxygen atoms in total. The van der Waals surface area contributed by atoms with Gasteiger partial charge in [0, 0.05) is 41.2 Å². The quantitative estimate of drug-likeness (QED) is 0.113. The molecule has 0 spiro atoms. The molecule has 0 radical (unpaired) electrons. The van der Waals surface area contributed by atoms with Crippen LogP contribution in [0, 0.1) is 5.41 Å². The lowest BCUT2D eigenvalue weighted by Gasteiger charge is -2.27. The van der Waals surface area contributed by atoms with Crippen LogP contribution in [0.4, 0.5) is 14.4 Å². The minimum Gasteiger partial charge on any atom is -0.444 e. The van der Waals surface area contributed by atoms with Crippen molar-refractivity contribution in [1.82, 2.24) is 20.5 Å². The number of hydrogen-bond acceptors (Lipinski definition) is 8. The maximum atomic E-state index is 13.1. The summed E-state index contributed by atoms with van der Waals surface area (Å²) in [6.07, 6.45) is 0.0321. The van der Waals surface area contributed by atoms with Crippen molar-refractivity contribution < 1.29 is 33.4 Å². The van der Waals surface area contributed by atoms with Crippen molar-refractivity contribution in [3.05, 3.63) is 70.9 Å². The van der Waals surface area contributed by atoms with Crippen molar-refractivity contribution >= 4 is 40.9 Å². The number of ether oxygens (including phenoxy) is 3. The summed E-state index contributed by atoms with van der Waals surface area (Å²) in [5, 5.41) is 17.4. The van der Waals surface area contributed by atoms with Crippen LogP contribution < -0.4 is 16.0 Å². The van der Waals surface area contributed by atoms with Crippen LogP contribution in [0.1, 0.15) is 103 Å². The van der Waals surface area contributed by atoms with Gasteiger partial charge >= 0.3 is 18.3 Å². The van der Waals surface area contributed by atoms with Crippen LogP contribution in [0.15, 0.2) is 48.7 Å². The first-order chi connectivity index (χ1) is 22.4. The lowest BCUT2D eigenvalue weighted by molar-refractivity contribution is 0.0512. The molecule has 0 unspecified atom stereocenters. The smallest absolute Gasteiger partial charge is 0.419 e. The van der Waals surface area contributed by atoms with E-state index in [1.165, 1.54) is 10.8 Å². The highest BCUT2D eigenvalue weighted by Crippen LogP contribution is 2.26. The van der Waals surface area contributed by atoms with Gasteiger partial charge in [-0.3, -0.25) is 20.1 Å². The number of nitrogens with zero attached hydrogens (tertiary/aromatic N) is 1. The van der Waals surface area contributed by atoms with Gasteiger partial charge in [0.05, 0.1) is 5.52 Å². The maximum Gasteiger partial charge on any atom is 0.419 e. The van der Waals surface area contributed by atoms with Crippen molar-refractivity contribution in [2.45, 2.75) is 105 Å². The number of hydrogen-bond donors (Lipinski definition) is 4. The highest BCUT2D eigenvalue weighted by atomic mass is 16.6. The zero-order valence-electron chi connectivity index (χ0n) is 30.5. The predicted molar refractivity (Wildman–Crippen MR) is 190 cm³/mol. The molecule has 3 aromatic rings. The van der Waals surface area contributed by atoms with Gasteiger partial charge in [0.15, 0.2) is 0 Å². The molecule has 0 aliphatic carbocycles. The Bertz CT molecular complexity index is 1700. The van der Waals surface area contributed by atoms with Gasteiger partial charge in [0.2, 0.25) is 0 Å². The standard InChI is InChI=1S/C37H51N5O7/c1-34(2,3)47-31(44)40-22-37(10,11)25-15-13-24(14-16-25)30(43)39-19-18-23-12-17-28-26(20-23)27(21-42(28)33(46)49-36(7,8)9)29(38)41-32(45)48-35(4,5)6/h12-17,20-21H,18-19,22H2,1-11H3,(H,39,43)(H,40,44)(H2,38,41,45). The Morgan fingerprint density at radius 2 is 1.31 bits per heavy atom. The van der Waals surface area contributed by atoms with Crippen LogP contribution in [0.25, 0.3) is 10.9 Å². The Morgan fingerprint density at radius 3 is 1.88 bits per heavy atom. The van der Waals surface area contributed by atoms with Gasteiger partial charge in [-0.25, -0.2) is 14.4 Å². The summed E-state index contributed by atoms with van der Waals surface area (Å²) in [6.45, 7) is 20.6. The zero-order chi connectivity index (χ0) is 36.9. The molecule has 49 heavy (non-hydrogen) atoms. The van der Waals surface area contributed by atoms with Crippen molar-refractivity contribution in [3.63, 3.8) is 0 Å². The van der Waals surface area contributed by atoms with Crippen molar-refractivity contribution in [1.29, 1.82) is 5.41 Å². The first kappa shape index (κ1) is 38.6. The van der Waals surface area contributed by atoms with Gasteiger partial charge in [-0.05, 0) is 104 Å². The molecule has 0 saturated carbocycles. The Balaban J connectivity index is 1.72. The van der Waals surface area contributed by atoms with Crippen molar-refractivity contribution in [2.75, 3.05) is 13.1 Å². The molecular formula is C37H51N5O7. The normalized spacial score (nSPS) is 12.2. The van der Waals surface area contributed by atoms with Gasteiger partial charge < -0.3 is 24.8 Å². The molecule has 3 amide bonds. The monoisotopic (exact) mass is 677 g/mol. The fourth-order valence-corrected chi connectivity index (χ4v) is 4.77. The van der Waals surface area contributed by atoms with Gasteiger partial charge in [0.25, 0.3) is 5.91 Å². The SMILES string of the molecule is CC(C)(C)OC(=O)NCC(C)(C)c1ccc(C(=O)NCCc2ccc3c(c2)c(C(=N)NC(=O)OC(C)(C)C)cn3C(=O)OC(C)(C)C)cc1. The molecule has 2 aromatic carbocycles. The summed E-state index contributed by atoms with van der Waals surface area (Å²) < 4.78 is 17.5. The summed E-state index contributed by atoms with van der Waals surface area (Å²) >= 11 is 0. The third-order valence-corrected chi connectivity index (χ3v) is 7.06. The molecule has 266 valence electrons. The van der Waals surface area contributed by atoms with E-state index < -0.39 is 40.5 Å². The van der Waals surface area contributed by atoms with Crippen molar-refractivity contribution in [3.8, 4) is 0 Å². The Kier molecular flexibility index (Phi) is 11.6. The summed E-state index contributed by atoms with van der Waals surface area (Å²) in [5.74, 6) is -0.475. The summed E-state index contributed by atoms with van der Waals surface area (Å²) in [6, 6.07) is 12.7. The highest BCUT2D eigenvalue weighted by molar-refractivity contribution is 6.14. The summed E-state index contributed by atoms with van der Waals surface area (Å²) in [4.78, 5) is 50.6. The molecule has 1 aromatic heterocycles. The first-order valence-electron chi connectivity index (χ1n) is 16.3. The fourth-order valence-electron chi connectivity index (χ4n) is 4.77. The number of aromatic nitrogens is 1. The molecule has 3 rings (SSSR count). The van der Waals surface area contributed by atoms with Crippen LogP contribution in [-0.2, 0) is 26.0 Å². The predicted octanol–water partition coefficient (Wildman–Crippen LogP) is 7.05. The van der Waals surface area contributed by atoms with E-state index in [1.807, 2.05) is 58.9 Å². The molecule has 0 fully saturated rings. The molecule has 0 aliphatic heterocycles. The van der Waals surface area contributed by atoms with Crippen LogP contribution in [0.5, 0.6) is 0 Å².